The Bertz CT molecular complexity index is 2200. The van der Waals surface area contributed by atoms with Gasteiger partial charge in [-0.25, -0.2) is 4.79 Å². The molecule has 1 aliphatic heterocycles. The van der Waals surface area contributed by atoms with Gasteiger partial charge in [0, 0.05) is 41.5 Å². The number of aromatic nitrogens is 2. The number of Topliss-reactive ketones (excluding diaryl/α,β-unsaturated/α-hetero) is 2. The highest BCUT2D eigenvalue weighted by Crippen LogP contribution is 2.63. The first kappa shape index (κ1) is 36.5. The third kappa shape index (κ3) is 6.76. The average Bonchev–Trinajstić information content (AvgIpc) is 3.86. The summed E-state index contributed by atoms with van der Waals surface area (Å²) in [5.74, 6) is 0.0947. The van der Waals surface area contributed by atoms with E-state index in [4.69, 9.17) is 23.5 Å². The quantitative estimate of drug-likeness (QED) is 0.0952. The molecule has 4 atom stereocenters. The molecule has 0 N–H and O–H groups in total. The molecule has 1 aromatic carbocycles. The molecule has 1 saturated carbocycles. The normalized spacial score (nSPS) is 25.3. The van der Waals surface area contributed by atoms with Gasteiger partial charge >= 0.3 is 6.16 Å². The minimum atomic E-state index is -1.30. The second-order valence-corrected chi connectivity index (χ2v) is 16.1. The van der Waals surface area contributed by atoms with Gasteiger partial charge in [0.25, 0.3) is 5.88 Å². The third-order valence-electron chi connectivity index (χ3n) is 11.2. The van der Waals surface area contributed by atoms with E-state index in [1.54, 1.807) is 33.2 Å². The first-order chi connectivity index (χ1) is 26.5. The van der Waals surface area contributed by atoms with Crippen molar-refractivity contribution in [3.8, 4) is 5.88 Å². The number of fused-ring (bicyclic) bond motifs is 2. The van der Waals surface area contributed by atoms with Gasteiger partial charge in [-0.2, -0.15) is 0 Å². The van der Waals surface area contributed by atoms with Crippen molar-refractivity contribution in [1.82, 2.24) is 10.1 Å². The number of hydrogen-bond acceptors (Lipinski definition) is 10. The lowest BCUT2D eigenvalue weighted by atomic mass is 9.64. The summed E-state index contributed by atoms with van der Waals surface area (Å²) >= 11 is 0. The summed E-state index contributed by atoms with van der Waals surface area (Å²) in [5.41, 5.74) is 3.41. The number of epoxide rings is 1. The number of nitrogens with zero attached hydrogens (tertiary/aromatic N) is 2. The first-order valence-electron chi connectivity index (χ1n) is 19.3. The van der Waals surface area contributed by atoms with Crippen LogP contribution in [0.4, 0.5) is 4.79 Å². The summed E-state index contributed by atoms with van der Waals surface area (Å²) in [6.45, 7) is 9.65. The van der Waals surface area contributed by atoms with Crippen molar-refractivity contribution in [3.05, 3.63) is 129 Å². The molecule has 1 saturated heterocycles. The standard InChI is InChI=1S/C45H46N2O8/c1-6-12-28-15-10-16-29(30-17-11-20-46-24-30)23-33(28)39(52-43(50)54-44(3,4)5)35-26(2)21-31-22-32-18-19-34-37(40(49)45(32)41(53-45)36(31)38(35)48)42(47-55-34)51-25-27-13-8-7-9-14-27/h7-11,13-14,16-17,20,23-24,26,31-32H,6,12,15,18-19,21-22,25H2,1-5H3/b39-35-/t26?,31?,32-,45-/m1/s1. The molecule has 55 heavy (non-hydrogen) atoms. The molecule has 2 unspecified atom stereocenters. The minimum absolute atomic E-state index is 0.129. The van der Waals surface area contributed by atoms with Crippen molar-refractivity contribution in [2.45, 2.75) is 97.4 Å². The zero-order chi connectivity index (χ0) is 38.5. The predicted molar refractivity (Wildman–Crippen MR) is 203 cm³/mol. The van der Waals surface area contributed by atoms with E-state index >= 15 is 4.79 Å². The summed E-state index contributed by atoms with van der Waals surface area (Å²) < 4.78 is 30.1. The monoisotopic (exact) mass is 742 g/mol. The molecule has 0 bridgehead atoms. The lowest BCUT2D eigenvalue weighted by molar-refractivity contribution is -0.114. The Kier molecular flexibility index (Phi) is 9.47. The van der Waals surface area contributed by atoms with Crippen LogP contribution in [0.2, 0.25) is 0 Å². The lowest BCUT2D eigenvalue weighted by Gasteiger charge is -2.36. The van der Waals surface area contributed by atoms with E-state index in [0.29, 0.717) is 60.3 Å². The highest BCUT2D eigenvalue weighted by Gasteiger charge is 2.71. The van der Waals surface area contributed by atoms with Gasteiger partial charge in [-0.05, 0) is 98.7 Å². The zero-order valence-corrected chi connectivity index (χ0v) is 32.0. The number of ketones is 2. The maximum Gasteiger partial charge on any atom is 0.514 e. The van der Waals surface area contributed by atoms with Gasteiger partial charge in [0.05, 0.1) is 0 Å². The number of benzene rings is 1. The third-order valence-corrected chi connectivity index (χ3v) is 11.2. The maximum absolute atomic E-state index is 15.2. The van der Waals surface area contributed by atoms with Gasteiger partial charge in [0.1, 0.15) is 23.5 Å². The van der Waals surface area contributed by atoms with E-state index in [1.807, 2.05) is 61.5 Å². The van der Waals surface area contributed by atoms with Gasteiger partial charge in [0.2, 0.25) is 11.4 Å². The highest BCUT2D eigenvalue weighted by molar-refractivity contribution is 6.16. The number of hydrogen-bond donors (Lipinski definition) is 0. The molecule has 2 aromatic heterocycles. The Morgan fingerprint density at radius 3 is 2.64 bits per heavy atom. The molecule has 8 rings (SSSR count). The number of ether oxygens (including phenoxy) is 4. The van der Waals surface area contributed by atoms with Crippen LogP contribution in [0.15, 0.2) is 111 Å². The fraction of sp³-hybridized carbons (Fsp3) is 0.400. The van der Waals surface area contributed by atoms with Crippen LogP contribution in [0.3, 0.4) is 0 Å². The van der Waals surface area contributed by atoms with Crippen LogP contribution < -0.4 is 4.74 Å². The van der Waals surface area contributed by atoms with Gasteiger partial charge in [-0.3, -0.25) is 14.6 Å². The Balaban J connectivity index is 1.23. The van der Waals surface area contributed by atoms with E-state index in [9.17, 15) is 9.59 Å². The maximum atomic E-state index is 15.2. The molecule has 10 nitrogen and oxygen atoms in total. The summed E-state index contributed by atoms with van der Waals surface area (Å²) in [7, 11) is 0. The number of rotatable bonds is 8. The number of pyridine rings is 1. The van der Waals surface area contributed by atoms with Gasteiger partial charge in [0.15, 0.2) is 17.3 Å². The van der Waals surface area contributed by atoms with Crippen LogP contribution in [-0.4, -0.2) is 39.1 Å². The Labute approximate surface area is 321 Å². The topological polar surface area (TPSA) is 130 Å². The van der Waals surface area contributed by atoms with Crippen molar-refractivity contribution < 1.29 is 37.9 Å². The van der Waals surface area contributed by atoms with Gasteiger partial charge in [-0.1, -0.05) is 74.4 Å². The molecule has 4 aliphatic carbocycles. The zero-order valence-electron chi connectivity index (χ0n) is 32.0. The molecular weight excluding hydrogens is 697 g/mol. The average molecular weight is 743 g/mol. The SMILES string of the molecule is CCCC1=C(/C(OC(=O)OC(C)(C)C)=C2/C(=O)C3=C4O[C@]45C(=O)c4c(OCc6ccccc6)noc4CC[C@@H]5CC3CC2C)C=C(c2cccnc2)C=CC1. The molecule has 1 spiro atoms. The van der Waals surface area contributed by atoms with E-state index in [-0.39, 0.29) is 53.1 Å². The molecule has 0 radical (unpaired) electrons. The van der Waals surface area contributed by atoms with Gasteiger partial charge in [-0.15, -0.1) is 0 Å². The summed E-state index contributed by atoms with van der Waals surface area (Å²) in [4.78, 5) is 47.8. The second kappa shape index (κ2) is 14.3. The van der Waals surface area contributed by atoms with E-state index in [1.165, 1.54) is 0 Å². The van der Waals surface area contributed by atoms with E-state index < -0.39 is 17.4 Å². The van der Waals surface area contributed by atoms with Crippen LogP contribution in [0.1, 0.15) is 100 Å². The summed E-state index contributed by atoms with van der Waals surface area (Å²) in [6, 6.07) is 13.5. The van der Waals surface area contributed by atoms with Crippen LogP contribution in [0.5, 0.6) is 5.88 Å². The Morgan fingerprint density at radius 1 is 1.07 bits per heavy atom. The fourth-order valence-corrected chi connectivity index (χ4v) is 8.72. The molecule has 2 fully saturated rings. The fourth-order valence-electron chi connectivity index (χ4n) is 8.72. The number of allylic oxidation sites excluding steroid dienone is 7. The van der Waals surface area contributed by atoms with Crippen molar-refractivity contribution in [2.24, 2.45) is 17.8 Å². The molecule has 0 amide bonds. The molecule has 10 heteroatoms. The second-order valence-electron chi connectivity index (χ2n) is 16.1. The van der Waals surface area contributed by atoms with Crippen LogP contribution in [0.25, 0.3) is 5.57 Å². The van der Waals surface area contributed by atoms with Crippen LogP contribution in [0, 0.1) is 17.8 Å². The number of carbonyl (C=O) groups is 3. The van der Waals surface area contributed by atoms with Crippen molar-refractivity contribution in [2.75, 3.05) is 0 Å². The summed E-state index contributed by atoms with van der Waals surface area (Å²) in [6.07, 6.45) is 13.3. The Morgan fingerprint density at radius 2 is 1.89 bits per heavy atom. The largest absolute Gasteiger partial charge is 0.514 e. The van der Waals surface area contributed by atoms with Gasteiger partial charge < -0.3 is 23.5 Å². The van der Waals surface area contributed by atoms with Crippen LogP contribution >= 0.6 is 0 Å². The molecule has 3 aromatic rings. The predicted octanol–water partition coefficient (Wildman–Crippen LogP) is 9.39. The number of aryl methyl sites for hydroxylation is 1. The Hall–Kier alpha value is -5.51. The van der Waals surface area contributed by atoms with E-state index in [2.05, 4.69) is 23.1 Å². The minimum Gasteiger partial charge on any atom is -0.470 e. The lowest BCUT2D eigenvalue weighted by Crippen LogP contribution is -2.41. The van der Waals surface area contributed by atoms with Crippen LogP contribution in [-0.2, 0) is 32.0 Å². The first-order valence-corrected chi connectivity index (χ1v) is 19.3. The molecule has 5 aliphatic rings. The highest BCUT2D eigenvalue weighted by atomic mass is 16.7. The van der Waals surface area contributed by atoms with E-state index in [0.717, 1.165) is 35.1 Å². The van der Waals surface area contributed by atoms with Crippen molar-refractivity contribution in [3.63, 3.8) is 0 Å². The molecular formula is C45H46N2O8. The summed E-state index contributed by atoms with van der Waals surface area (Å²) in [5, 5.41) is 4.15. The smallest absolute Gasteiger partial charge is 0.470 e. The molecule has 3 heterocycles. The van der Waals surface area contributed by atoms with Crippen molar-refractivity contribution >= 4 is 23.3 Å². The number of carbonyl (C=O) groups excluding carboxylic acids is 3. The molecule has 284 valence electrons. The van der Waals surface area contributed by atoms with Crippen molar-refractivity contribution in [1.29, 1.82) is 0 Å².